The number of likely N-dealkylation sites (tertiary alicyclic amines) is 1. The molecule has 0 radical (unpaired) electrons. The number of amides is 1. The molecular weight excluding hydrogens is 396 g/mol. The lowest BCUT2D eigenvalue weighted by Crippen LogP contribution is -2.41. The molecule has 1 saturated heterocycles. The molecule has 1 aliphatic rings. The Labute approximate surface area is 171 Å². The fourth-order valence-corrected chi connectivity index (χ4v) is 3.57. The van der Waals surface area contributed by atoms with Gasteiger partial charge in [0.1, 0.15) is 23.5 Å². The Kier molecular flexibility index (Phi) is 5.73. The Hall–Kier alpha value is -3.30. The fourth-order valence-electron chi connectivity index (χ4n) is 3.57. The largest absolute Gasteiger partial charge is 0.497 e. The lowest BCUT2D eigenvalue weighted by molar-refractivity contribution is -0.134. The number of aromatic nitrogens is 4. The minimum Gasteiger partial charge on any atom is -0.497 e. The number of halogens is 2. The Balaban J connectivity index is 1.43. The van der Waals surface area contributed by atoms with Gasteiger partial charge in [0.2, 0.25) is 0 Å². The Bertz CT molecular complexity index is 1020. The molecular formula is C20H21F2N5O3. The summed E-state index contributed by atoms with van der Waals surface area (Å²) in [6.07, 6.45) is 0.00626. The predicted octanol–water partition coefficient (Wildman–Crippen LogP) is 2.86. The molecule has 4 rings (SSSR count). The highest BCUT2D eigenvalue weighted by Crippen LogP contribution is 2.29. The molecule has 2 aromatic heterocycles. The van der Waals surface area contributed by atoms with E-state index in [0.717, 1.165) is 17.4 Å². The first-order valence-corrected chi connectivity index (χ1v) is 9.58. The second-order valence-corrected chi connectivity index (χ2v) is 7.02. The van der Waals surface area contributed by atoms with Crippen LogP contribution in [0.2, 0.25) is 0 Å². The summed E-state index contributed by atoms with van der Waals surface area (Å²) < 4.78 is 38.6. The van der Waals surface area contributed by atoms with Crippen molar-refractivity contribution in [3.8, 4) is 11.5 Å². The number of hydrogen-bond donors (Lipinski definition) is 0. The van der Waals surface area contributed by atoms with Crippen molar-refractivity contribution >= 4 is 11.7 Å². The summed E-state index contributed by atoms with van der Waals surface area (Å²) in [6, 6.07) is 8.33. The van der Waals surface area contributed by atoms with E-state index in [1.807, 2.05) is 0 Å². The number of alkyl halides is 2. The molecule has 158 valence electrons. The van der Waals surface area contributed by atoms with Gasteiger partial charge < -0.3 is 14.4 Å². The van der Waals surface area contributed by atoms with E-state index in [9.17, 15) is 13.6 Å². The Morgan fingerprint density at radius 3 is 2.77 bits per heavy atom. The van der Waals surface area contributed by atoms with Crippen molar-refractivity contribution in [2.24, 2.45) is 0 Å². The molecule has 3 heterocycles. The van der Waals surface area contributed by atoms with Crippen LogP contribution in [0.4, 0.5) is 8.78 Å². The Morgan fingerprint density at radius 1 is 1.27 bits per heavy atom. The smallest absolute Gasteiger partial charge is 0.280 e. The summed E-state index contributed by atoms with van der Waals surface area (Å²) in [4.78, 5) is 22.6. The van der Waals surface area contributed by atoms with Crippen molar-refractivity contribution in [3.63, 3.8) is 0 Å². The lowest BCUT2D eigenvalue weighted by atomic mass is 9.94. The summed E-state index contributed by atoms with van der Waals surface area (Å²) in [5, 5.41) is 3.81. The van der Waals surface area contributed by atoms with Crippen LogP contribution in [0.1, 0.15) is 36.6 Å². The van der Waals surface area contributed by atoms with Crippen molar-refractivity contribution in [1.82, 2.24) is 24.5 Å². The molecule has 3 aromatic rings. The average molecular weight is 417 g/mol. The van der Waals surface area contributed by atoms with Gasteiger partial charge in [0.25, 0.3) is 18.1 Å². The zero-order valence-corrected chi connectivity index (χ0v) is 16.4. The maximum atomic E-state index is 13.4. The summed E-state index contributed by atoms with van der Waals surface area (Å²) in [5.74, 6) is 1.09. The number of methoxy groups -OCH3 is 1. The third-order valence-corrected chi connectivity index (χ3v) is 5.14. The lowest BCUT2D eigenvalue weighted by Gasteiger charge is -2.32. The van der Waals surface area contributed by atoms with Crippen molar-refractivity contribution in [1.29, 1.82) is 0 Å². The standard InChI is InChI=1S/C20H21F2N5O3/c1-29-14-4-6-15(7-5-14)30-11-18(28)26-8-2-3-13(10-26)16-9-17(19(21)22)27-20(25-16)23-12-24-27/h4-7,9,12-13,19H,2-3,8,10-11H2,1H3. The fraction of sp³-hybridized carbons (Fsp3) is 0.400. The molecule has 10 heteroatoms. The molecule has 0 saturated carbocycles. The van der Waals surface area contributed by atoms with E-state index in [-0.39, 0.29) is 29.9 Å². The number of benzene rings is 1. The average Bonchev–Trinajstić information content (AvgIpc) is 3.25. The van der Waals surface area contributed by atoms with Crippen molar-refractivity contribution < 1.29 is 23.0 Å². The molecule has 0 N–H and O–H groups in total. The summed E-state index contributed by atoms with van der Waals surface area (Å²) in [6.45, 7) is 0.888. The maximum Gasteiger partial charge on any atom is 0.280 e. The van der Waals surface area contributed by atoms with E-state index in [4.69, 9.17) is 9.47 Å². The van der Waals surface area contributed by atoms with E-state index in [2.05, 4.69) is 15.1 Å². The van der Waals surface area contributed by atoms with Gasteiger partial charge in [-0.15, -0.1) is 0 Å². The molecule has 8 nitrogen and oxygen atoms in total. The van der Waals surface area contributed by atoms with Gasteiger partial charge in [-0.2, -0.15) is 14.6 Å². The van der Waals surface area contributed by atoms with Gasteiger partial charge in [0.05, 0.1) is 12.8 Å². The van der Waals surface area contributed by atoms with Crippen LogP contribution in [0.15, 0.2) is 36.7 Å². The zero-order valence-electron chi connectivity index (χ0n) is 16.4. The number of fused-ring (bicyclic) bond motifs is 1. The first-order valence-electron chi connectivity index (χ1n) is 9.58. The number of hydrogen-bond acceptors (Lipinski definition) is 6. The van der Waals surface area contributed by atoms with Crippen LogP contribution in [-0.4, -0.2) is 57.2 Å². The molecule has 1 aromatic carbocycles. The first-order chi connectivity index (χ1) is 14.5. The van der Waals surface area contributed by atoms with Gasteiger partial charge >= 0.3 is 0 Å². The third-order valence-electron chi connectivity index (χ3n) is 5.14. The third kappa shape index (κ3) is 4.17. The molecule has 30 heavy (non-hydrogen) atoms. The van der Waals surface area contributed by atoms with Crippen molar-refractivity contribution in [2.45, 2.75) is 25.2 Å². The van der Waals surface area contributed by atoms with Crippen LogP contribution in [0.25, 0.3) is 5.78 Å². The second kappa shape index (κ2) is 8.60. The monoisotopic (exact) mass is 417 g/mol. The van der Waals surface area contributed by atoms with Crippen LogP contribution in [0.3, 0.4) is 0 Å². The highest BCUT2D eigenvalue weighted by atomic mass is 19.3. The number of piperidine rings is 1. The molecule has 1 unspecified atom stereocenters. The van der Waals surface area contributed by atoms with Gasteiger partial charge in [0.15, 0.2) is 6.61 Å². The molecule has 1 atom stereocenters. The van der Waals surface area contributed by atoms with Crippen LogP contribution in [0, 0.1) is 0 Å². The van der Waals surface area contributed by atoms with Crippen LogP contribution < -0.4 is 9.47 Å². The minimum atomic E-state index is -2.70. The van der Waals surface area contributed by atoms with E-state index in [1.165, 1.54) is 12.4 Å². The van der Waals surface area contributed by atoms with Crippen molar-refractivity contribution in [2.75, 3.05) is 26.8 Å². The minimum absolute atomic E-state index is 0.0992. The van der Waals surface area contributed by atoms with E-state index < -0.39 is 6.43 Å². The van der Waals surface area contributed by atoms with Gasteiger partial charge in [-0.25, -0.2) is 13.8 Å². The van der Waals surface area contributed by atoms with Gasteiger partial charge in [-0.05, 0) is 43.2 Å². The topological polar surface area (TPSA) is 81.9 Å². The quantitative estimate of drug-likeness (QED) is 0.614. The summed E-state index contributed by atoms with van der Waals surface area (Å²) in [5.41, 5.74) is 0.248. The predicted molar refractivity (Wildman–Crippen MR) is 103 cm³/mol. The maximum absolute atomic E-state index is 13.4. The summed E-state index contributed by atoms with van der Waals surface area (Å²) >= 11 is 0. The van der Waals surface area contributed by atoms with Gasteiger partial charge in [-0.1, -0.05) is 0 Å². The molecule has 1 fully saturated rings. The van der Waals surface area contributed by atoms with Crippen molar-refractivity contribution in [3.05, 3.63) is 48.0 Å². The van der Waals surface area contributed by atoms with E-state index in [1.54, 1.807) is 36.3 Å². The molecule has 0 aliphatic carbocycles. The highest BCUT2D eigenvalue weighted by molar-refractivity contribution is 5.78. The normalized spacial score (nSPS) is 16.8. The van der Waals surface area contributed by atoms with Crippen LogP contribution in [0.5, 0.6) is 11.5 Å². The SMILES string of the molecule is COc1ccc(OCC(=O)N2CCCC(c3cc(C(F)F)n4ncnc4n3)C2)cc1. The molecule has 0 bridgehead atoms. The number of rotatable bonds is 6. The molecule has 0 spiro atoms. The van der Waals surface area contributed by atoms with Gasteiger partial charge in [-0.3, -0.25) is 4.79 Å². The zero-order chi connectivity index (χ0) is 21.1. The van der Waals surface area contributed by atoms with E-state index in [0.29, 0.717) is 30.3 Å². The van der Waals surface area contributed by atoms with E-state index >= 15 is 0 Å². The van der Waals surface area contributed by atoms with Crippen LogP contribution in [-0.2, 0) is 4.79 Å². The molecule has 1 amide bonds. The summed E-state index contributed by atoms with van der Waals surface area (Å²) in [7, 11) is 1.58. The first kappa shape index (κ1) is 20.0. The number of carbonyl (C=O) groups excluding carboxylic acids is 1. The number of nitrogens with zero attached hydrogens (tertiary/aromatic N) is 5. The number of carbonyl (C=O) groups is 1. The Morgan fingerprint density at radius 2 is 2.03 bits per heavy atom. The second-order valence-electron chi connectivity index (χ2n) is 7.02. The van der Waals surface area contributed by atoms with Crippen LogP contribution >= 0.6 is 0 Å². The van der Waals surface area contributed by atoms with Gasteiger partial charge in [0, 0.05) is 19.0 Å². The molecule has 1 aliphatic heterocycles. The number of ether oxygens (including phenoxy) is 2. The highest BCUT2D eigenvalue weighted by Gasteiger charge is 2.28.